The van der Waals surface area contributed by atoms with Gasteiger partial charge in [0.05, 0.1) is 19.8 Å². The molecule has 0 spiro atoms. The van der Waals surface area contributed by atoms with Gasteiger partial charge in [0.15, 0.2) is 17.8 Å². The number of hydrogen-bond donors (Lipinski definition) is 0. The molecule has 4 fully saturated rings. The van der Waals surface area contributed by atoms with Crippen molar-refractivity contribution in [3.05, 3.63) is 0 Å². The molecule has 184 valence electrons. The summed E-state index contributed by atoms with van der Waals surface area (Å²) >= 11 is 0. The van der Waals surface area contributed by atoms with Gasteiger partial charge >= 0.3 is 10.3 Å². The van der Waals surface area contributed by atoms with Gasteiger partial charge in [-0.1, -0.05) is 0 Å². The number of morpholine rings is 1. The molecule has 0 aromatic heterocycles. The van der Waals surface area contributed by atoms with Crippen molar-refractivity contribution in [1.82, 2.24) is 9.80 Å². The van der Waals surface area contributed by atoms with E-state index in [2.05, 4.69) is 4.40 Å². The predicted molar refractivity (Wildman–Crippen MR) is 111 cm³/mol. The lowest BCUT2D eigenvalue weighted by Crippen LogP contribution is -2.69. The normalized spacial score (nSPS) is 37.9. The zero-order valence-electron chi connectivity index (χ0n) is 19.3. The van der Waals surface area contributed by atoms with Crippen LogP contribution in [0.2, 0.25) is 0 Å². The lowest BCUT2D eigenvalue weighted by Gasteiger charge is -2.47. The molecule has 13 heteroatoms. The molecule has 0 amide bonds. The predicted octanol–water partition coefficient (Wildman–Crippen LogP) is -0.106. The lowest BCUT2D eigenvalue weighted by molar-refractivity contribution is -0.337. The Morgan fingerprint density at radius 3 is 2.44 bits per heavy atom. The average Bonchev–Trinajstić information content (AvgIpc) is 3.17. The van der Waals surface area contributed by atoms with Crippen LogP contribution in [0.3, 0.4) is 0 Å². The number of fused-ring (bicyclic) bond motifs is 3. The Balaban J connectivity index is 1.72. The van der Waals surface area contributed by atoms with Crippen molar-refractivity contribution < 1.29 is 41.0 Å². The molecule has 4 rings (SSSR count). The second-order valence-electron chi connectivity index (χ2n) is 9.42. The van der Waals surface area contributed by atoms with Gasteiger partial charge in [0, 0.05) is 27.2 Å². The summed E-state index contributed by atoms with van der Waals surface area (Å²) in [6.07, 6.45) is -1.77. The maximum atomic E-state index is 12.8. The first-order valence-electron chi connectivity index (χ1n) is 10.7. The molecule has 0 saturated carbocycles. The molecule has 4 heterocycles. The maximum Gasteiger partial charge on any atom is 0.383 e. The van der Waals surface area contributed by atoms with Gasteiger partial charge in [-0.3, -0.25) is 4.90 Å². The van der Waals surface area contributed by atoms with Crippen molar-refractivity contribution in [3.8, 4) is 0 Å². The van der Waals surface area contributed by atoms with E-state index in [1.807, 2.05) is 18.7 Å². The fourth-order valence-corrected chi connectivity index (χ4v) is 5.31. The third-order valence-corrected chi connectivity index (χ3v) is 6.33. The molecule has 0 aromatic rings. The van der Waals surface area contributed by atoms with E-state index in [0.717, 1.165) is 6.34 Å². The summed E-state index contributed by atoms with van der Waals surface area (Å²) in [5, 5.41) is 0. The summed E-state index contributed by atoms with van der Waals surface area (Å²) in [7, 11) is -1.02. The highest BCUT2D eigenvalue weighted by Crippen LogP contribution is 2.50. The number of ether oxygens (including phenoxy) is 6. The minimum absolute atomic E-state index is 0.120. The van der Waals surface area contributed by atoms with E-state index in [-0.39, 0.29) is 6.61 Å². The highest BCUT2D eigenvalue weighted by molar-refractivity contribution is 7.85. The molecule has 0 bridgehead atoms. The van der Waals surface area contributed by atoms with E-state index >= 15 is 0 Å². The summed E-state index contributed by atoms with van der Waals surface area (Å²) in [5.41, 5.74) is 0. The summed E-state index contributed by atoms with van der Waals surface area (Å²) in [6, 6.07) is 0. The van der Waals surface area contributed by atoms with Crippen LogP contribution in [-0.4, -0.2) is 113 Å². The van der Waals surface area contributed by atoms with Crippen molar-refractivity contribution in [2.75, 3.05) is 47.0 Å². The van der Waals surface area contributed by atoms with Crippen LogP contribution in [0, 0.1) is 0 Å². The Labute approximate surface area is 188 Å². The average molecular weight is 480 g/mol. The van der Waals surface area contributed by atoms with E-state index < -0.39 is 52.2 Å². The minimum atomic E-state index is -4.34. The first-order chi connectivity index (χ1) is 14.8. The number of rotatable bonds is 6. The Morgan fingerprint density at radius 1 is 1.09 bits per heavy atom. The van der Waals surface area contributed by atoms with Gasteiger partial charge in [-0.2, -0.15) is 8.42 Å². The van der Waals surface area contributed by atoms with Gasteiger partial charge in [0.1, 0.15) is 24.7 Å². The molecule has 0 aromatic carbocycles. The van der Waals surface area contributed by atoms with Gasteiger partial charge in [-0.15, -0.1) is 4.40 Å². The van der Waals surface area contributed by atoms with Crippen molar-refractivity contribution in [1.29, 1.82) is 0 Å². The molecule has 4 aliphatic rings. The van der Waals surface area contributed by atoms with Gasteiger partial charge in [-0.05, 0) is 27.7 Å². The van der Waals surface area contributed by atoms with E-state index in [0.29, 0.717) is 26.3 Å². The lowest BCUT2D eigenvalue weighted by atomic mass is 9.95. The zero-order valence-corrected chi connectivity index (χ0v) is 20.2. The first-order valence-corrected chi connectivity index (χ1v) is 12.0. The summed E-state index contributed by atoms with van der Waals surface area (Å²) in [5.74, 6) is -3.52. The molecule has 0 N–H and O–H groups in total. The van der Waals surface area contributed by atoms with E-state index in [1.54, 1.807) is 27.9 Å². The third kappa shape index (κ3) is 4.81. The van der Waals surface area contributed by atoms with Gasteiger partial charge in [-0.25, -0.2) is 4.18 Å². The van der Waals surface area contributed by atoms with E-state index in [9.17, 15) is 8.42 Å². The molecule has 5 atom stereocenters. The van der Waals surface area contributed by atoms with Crippen molar-refractivity contribution in [2.45, 2.75) is 69.6 Å². The smallest absolute Gasteiger partial charge is 0.379 e. The Bertz CT molecular complexity index is 828. The van der Waals surface area contributed by atoms with Gasteiger partial charge in [0.2, 0.25) is 5.79 Å². The Kier molecular flexibility index (Phi) is 6.36. The van der Waals surface area contributed by atoms with Crippen molar-refractivity contribution in [2.24, 2.45) is 4.40 Å². The first kappa shape index (κ1) is 24.2. The van der Waals surface area contributed by atoms with E-state index in [4.69, 9.17) is 32.6 Å². The summed E-state index contributed by atoms with van der Waals surface area (Å²) in [6.45, 7) is 8.86. The Morgan fingerprint density at radius 2 is 1.78 bits per heavy atom. The van der Waals surface area contributed by atoms with Crippen LogP contribution in [0.5, 0.6) is 0 Å². The second-order valence-corrected chi connectivity index (χ2v) is 10.7. The van der Waals surface area contributed by atoms with Gasteiger partial charge < -0.3 is 33.3 Å². The molecule has 4 saturated heterocycles. The number of nitrogens with zero attached hydrogens (tertiary/aromatic N) is 3. The summed E-state index contributed by atoms with van der Waals surface area (Å²) in [4.78, 5) is 3.31. The Hall–Kier alpha value is -0.900. The second kappa shape index (κ2) is 8.40. The third-order valence-electron chi connectivity index (χ3n) is 5.55. The SMILES string of the molecule is CN(C)C=NS(=O)(=O)OC(N1CCOCC1)C12OC[C@H]3OC(C)(C)O[C@H]3[C@@H]1OC(C)(C)O2. The topological polar surface area (TPSA) is 118 Å². The zero-order chi connectivity index (χ0) is 23.4. The van der Waals surface area contributed by atoms with Crippen LogP contribution in [0.15, 0.2) is 4.40 Å². The molecule has 32 heavy (non-hydrogen) atoms. The van der Waals surface area contributed by atoms with Crippen LogP contribution >= 0.6 is 0 Å². The molecule has 0 aliphatic carbocycles. The molecule has 12 nitrogen and oxygen atoms in total. The molecular formula is C19H33N3O9S. The fraction of sp³-hybridized carbons (Fsp3) is 0.947. The van der Waals surface area contributed by atoms with Crippen LogP contribution < -0.4 is 0 Å². The van der Waals surface area contributed by atoms with Crippen LogP contribution in [0.4, 0.5) is 0 Å². The molecule has 0 radical (unpaired) electrons. The summed E-state index contributed by atoms with van der Waals surface area (Å²) < 4.78 is 71.1. The van der Waals surface area contributed by atoms with Crippen molar-refractivity contribution >= 4 is 16.6 Å². The molecule has 4 aliphatic heterocycles. The highest BCUT2D eigenvalue weighted by Gasteiger charge is 2.70. The minimum Gasteiger partial charge on any atom is -0.379 e. The van der Waals surface area contributed by atoms with Crippen LogP contribution in [0.25, 0.3) is 0 Å². The standard InChI is InChI=1S/C19H33N3O9S/c1-17(2)27-13-11-26-19(15(14(13)28-17)29-18(3,4)31-19)16(22-7-9-25-10-8-22)30-32(23,24)20-12-21(5)6/h12-16H,7-11H2,1-6H3/t13-,14-,15+,16?,19?/m1/s1. The van der Waals surface area contributed by atoms with Crippen LogP contribution in [-0.2, 0) is 42.9 Å². The van der Waals surface area contributed by atoms with Crippen LogP contribution in [0.1, 0.15) is 27.7 Å². The number of hydrogen-bond acceptors (Lipinski definition) is 10. The van der Waals surface area contributed by atoms with Crippen molar-refractivity contribution in [3.63, 3.8) is 0 Å². The maximum absolute atomic E-state index is 12.8. The molecular weight excluding hydrogens is 446 g/mol. The monoisotopic (exact) mass is 479 g/mol. The largest absolute Gasteiger partial charge is 0.383 e. The molecule has 2 unspecified atom stereocenters. The quantitative estimate of drug-likeness (QED) is 0.375. The fourth-order valence-electron chi connectivity index (χ4n) is 4.47. The highest BCUT2D eigenvalue weighted by atomic mass is 32.2. The van der Waals surface area contributed by atoms with Gasteiger partial charge in [0.25, 0.3) is 0 Å². The van der Waals surface area contributed by atoms with E-state index in [1.165, 1.54) is 4.90 Å².